The Morgan fingerprint density at radius 3 is 1.75 bits per heavy atom. The van der Waals surface area contributed by atoms with Crippen molar-refractivity contribution in [3.05, 3.63) is 71.8 Å². The van der Waals surface area contributed by atoms with E-state index in [-0.39, 0.29) is 6.42 Å². The summed E-state index contributed by atoms with van der Waals surface area (Å²) in [6.07, 6.45) is -0.175. The van der Waals surface area contributed by atoms with Gasteiger partial charge in [0.1, 0.15) is 6.04 Å². The molecule has 0 fully saturated rings. The zero-order chi connectivity index (χ0) is 17.4. The fourth-order valence-electron chi connectivity index (χ4n) is 2.36. The van der Waals surface area contributed by atoms with Crippen LogP contribution < -0.4 is 0 Å². The Morgan fingerprint density at radius 2 is 1.38 bits per heavy atom. The van der Waals surface area contributed by atoms with Gasteiger partial charge in [-0.25, -0.2) is 4.79 Å². The molecule has 1 unspecified atom stereocenters. The van der Waals surface area contributed by atoms with E-state index < -0.39 is 31.3 Å². The molecule has 5 heteroatoms. The molecule has 1 atom stereocenters. The molecule has 0 bridgehead atoms. The van der Waals surface area contributed by atoms with Crippen molar-refractivity contribution in [3.8, 4) is 0 Å². The second-order valence-electron chi connectivity index (χ2n) is 5.47. The molecule has 0 saturated heterocycles. The van der Waals surface area contributed by atoms with E-state index in [1.165, 1.54) is 0 Å². The van der Waals surface area contributed by atoms with Crippen LogP contribution in [0, 0.1) is 5.92 Å². The number of halogens is 2. The second kappa shape index (κ2) is 8.91. The van der Waals surface area contributed by atoms with E-state index in [2.05, 4.69) is 4.99 Å². The first-order valence-electron chi connectivity index (χ1n) is 7.69. The number of carboxylic acid groups (broad SMARTS) is 1. The van der Waals surface area contributed by atoms with Gasteiger partial charge in [0, 0.05) is 17.0 Å². The van der Waals surface area contributed by atoms with Crippen molar-refractivity contribution in [2.45, 2.75) is 12.5 Å². The summed E-state index contributed by atoms with van der Waals surface area (Å²) in [5.41, 5.74) is 2.01. The van der Waals surface area contributed by atoms with E-state index in [9.17, 15) is 18.7 Å². The Hall–Kier alpha value is -2.56. The maximum Gasteiger partial charge on any atom is 0.328 e. The zero-order valence-corrected chi connectivity index (χ0v) is 13.1. The predicted octanol–water partition coefficient (Wildman–Crippen LogP) is 3.92. The Kier molecular flexibility index (Phi) is 6.61. The number of alkyl halides is 2. The first-order chi connectivity index (χ1) is 11.7. The molecule has 0 aliphatic rings. The van der Waals surface area contributed by atoms with Gasteiger partial charge in [-0.05, 0) is 6.42 Å². The number of aliphatic imine (C=N–C) groups is 1. The molecule has 0 aromatic heterocycles. The Labute approximate surface area is 139 Å². The average Bonchev–Trinajstić information content (AvgIpc) is 2.63. The quantitative estimate of drug-likeness (QED) is 0.745. The number of hydrogen-bond donors (Lipinski definition) is 1. The average molecular weight is 331 g/mol. The molecule has 0 heterocycles. The van der Waals surface area contributed by atoms with Gasteiger partial charge in [-0.3, -0.25) is 13.8 Å². The summed E-state index contributed by atoms with van der Waals surface area (Å²) >= 11 is 0. The van der Waals surface area contributed by atoms with Gasteiger partial charge < -0.3 is 5.11 Å². The summed E-state index contributed by atoms with van der Waals surface area (Å²) in [4.78, 5) is 15.8. The third-order valence-corrected chi connectivity index (χ3v) is 3.66. The van der Waals surface area contributed by atoms with E-state index in [4.69, 9.17) is 0 Å². The summed E-state index contributed by atoms with van der Waals surface area (Å²) in [5, 5.41) is 9.40. The Bertz CT molecular complexity index is 629. The molecule has 0 spiro atoms. The smallest absolute Gasteiger partial charge is 0.328 e. The predicted molar refractivity (Wildman–Crippen MR) is 90.0 cm³/mol. The van der Waals surface area contributed by atoms with Gasteiger partial charge in [0.15, 0.2) is 0 Å². The van der Waals surface area contributed by atoms with E-state index >= 15 is 0 Å². The second-order valence-corrected chi connectivity index (χ2v) is 5.47. The molecular formula is C19H19F2NO2. The van der Waals surface area contributed by atoms with Crippen LogP contribution in [0.4, 0.5) is 8.78 Å². The molecule has 0 aliphatic heterocycles. The first-order valence-corrected chi connectivity index (χ1v) is 7.69. The summed E-state index contributed by atoms with van der Waals surface area (Å²) in [6.45, 7) is -1.80. The van der Waals surface area contributed by atoms with Gasteiger partial charge in [0.05, 0.1) is 19.1 Å². The van der Waals surface area contributed by atoms with Gasteiger partial charge in [-0.15, -0.1) is 0 Å². The van der Waals surface area contributed by atoms with Crippen LogP contribution in [-0.4, -0.2) is 36.2 Å². The fraction of sp³-hybridized carbons (Fsp3) is 0.263. The number of benzene rings is 2. The van der Waals surface area contributed by atoms with Crippen LogP contribution in [0.25, 0.3) is 0 Å². The lowest BCUT2D eigenvalue weighted by atomic mass is 9.99. The lowest BCUT2D eigenvalue weighted by Crippen LogP contribution is -2.25. The minimum absolute atomic E-state index is 0.175. The summed E-state index contributed by atoms with van der Waals surface area (Å²) in [6, 6.07) is 17.1. The van der Waals surface area contributed by atoms with Crippen LogP contribution in [-0.2, 0) is 4.79 Å². The highest BCUT2D eigenvalue weighted by atomic mass is 19.1. The minimum atomic E-state index is -1.20. The molecule has 24 heavy (non-hydrogen) atoms. The molecule has 0 saturated carbocycles. The van der Waals surface area contributed by atoms with Crippen molar-refractivity contribution in [2.75, 3.05) is 13.3 Å². The van der Waals surface area contributed by atoms with Gasteiger partial charge in [-0.1, -0.05) is 60.7 Å². The monoisotopic (exact) mass is 331 g/mol. The molecular weight excluding hydrogens is 312 g/mol. The van der Waals surface area contributed by atoms with Crippen molar-refractivity contribution in [1.29, 1.82) is 0 Å². The topological polar surface area (TPSA) is 49.7 Å². The maximum absolute atomic E-state index is 12.8. The van der Waals surface area contributed by atoms with Crippen molar-refractivity contribution < 1.29 is 18.7 Å². The summed E-state index contributed by atoms with van der Waals surface area (Å²) in [7, 11) is 0. The highest BCUT2D eigenvalue weighted by Gasteiger charge is 2.23. The first kappa shape index (κ1) is 17.8. The molecule has 2 aromatic rings. The normalized spacial score (nSPS) is 12.0. The van der Waals surface area contributed by atoms with E-state index in [1.807, 2.05) is 60.7 Å². The highest BCUT2D eigenvalue weighted by molar-refractivity contribution is 6.13. The van der Waals surface area contributed by atoms with Crippen LogP contribution in [0.3, 0.4) is 0 Å². The van der Waals surface area contributed by atoms with Crippen LogP contribution in [0.5, 0.6) is 0 Å². The number of carboxylic acids is 1. The third-order valence-electron chi connectivity index (χ3n) is 3.66. The van der Waals surface area contributed by atoms with E-state index in [0.717, 1.165) is 11.1 Å². The molecule has 2 aromatic carbocycles. The molecule has 1 N–H and O–H groups in total. The van der Waals surface area contributed by atoms with E-state index in [0.29, 0.717) is 5.71 Å². The van der Waals surface area contributed by atoms with Crippen LogP contribution in [0.1, 0.15) is 17.5 Å². The standard InChI is InChI=1S/C19H19F2NO2/c20-12-14(13-21)11-17(19(23)24)22-18(15-7-3-1-4-8-15)16-9-5-2-6-10-16/h1-10,14,17H,11-13H2,(H,23,24). The molecule has 0 aliphatic carbocycles. The number of hydrogen-bond acceptors (Lipinski definition) is 2. The zero-order valence-electron chi connectivity index (χ0n) is 13.1. The van der Waals surface area contributed by atoms with Crippen molar-refractivity contribution in [1.82, 2.24) is 0 Å². The van der Waals surface area contributed by atoms with Gasteiger partial charge in [0.25, 0.3) is 0 Å². The fourth-order valence-corrected chi connectivity index (χ4v) is 2.36. The Morgan fingerprint density at radius 1 is 0.917 bits per heavy atom. The van der Waals surface area contributed by atoms with Crippen molar-refractivity contribution in [2.24, 2.45) is 10.9 Å². The number of nitrogens with zero attached hydrogens (tertiary/aromatic N) is 1. The molecule has 2 rings (SSSR count). The van der Waals surface area contributed by atoms with E-state index in [1.54, 1.807) is 0 Å². The number of carbonyl (C=O) groups is 1. The molecule has 3 nitrogen and oxygen atoms in total. The third kappa shape index (κ3) is 4.72. The van der Waals surface area contributed by atoms with Crippen LogP contribution in [0.15, 0.2) is 65.7 Å². The lowest BCUT2D eigenvalue weighted by molar-refractivity contribution is -0.138. The van der Waals surface area contributed by atoms with Crippen LogP contribution in [0.2, 0.25) is 0 Å². The molecule has 0 amide bonds. The highest BCUT2D eigenvalue weighted by Crippen LogP contribution is 2.17. The molecule has 0 radical (unpaired) electrons. The SMILES string of the molecule is O=C(O)C(CC(CF)CF)N=C(c1ccccc1)c1ccccc1. The van der Waals surface area contributed by atoms with Gasteiger partial charge >= 0.3 is 5.97 Å². The maximum atomic E-state index is 12.8. The van der Waals surface area contributed by atoms with Gasteiger partial charge in [-0.2, -0.15) is 0 Å². The lowest BCUT2D eigenvalue weighted by Gasteiger charge is -2.15. The van der Waals surface area contributed by atoms with Crippen LogP contribution >= 0.6 is 0 Å². The molecule has 126 valence electrons. The summed E-state index contributed by atoms with van der Waals surface area (Å²) in [5.74, 6) is -2.14. The van der Waals surface area contributed by atoms with Crippen molar-refractivity contribution >= 4 is 11.7 Å². The van der Waals surface area contributed by atoms with Crippen molar-refractivity contribution in [3.63, 3.8) is 0 Å². The largest absolute Gasteiger partial charge is 0.480 e. The number of rotatable bonds is 8. The number of aliphatic carboxylic acids is 1. The summed E-state index contributed by atoms with van der Waals surface area (Å²) < 4.78 is 25.6. The minimum Gasteiger partial charge on any atom is -0.480 e. The van der Waals surface area contributed by atoms with Gasteiger partial charge in [0.2, 0.25) is 0 Å². The Balaban J connectivity index is 2.44.